The molecule has 2 aliphatic rings. The summed E-state index contributed by atoms with van der Waals surface area (Å²) < 4.78 is 43.6. The molecule has 1 spiro atoms. The maximum Gasteiger partial charge on any atom is 0.490 e. The number of ether oxygens (including phenoxy) is 2. The van der Waals surface area contributed by atoms with Gasteiger partial charge >= 0.3 is 12.1 Å². The highest BCUT2D eigenvalue weighted by Crippen LogP contribution is 2.41. The van der Waals surface area contributed by atoms with Gasteiger partial charge < -0.3 is 19.5 Å². The van der Waals surface area contributed by atoms with Crippen LogP contribution in [0.5, 0.6) is 0 Å². The second-order valence-corrected chi connectivity index (χ2v) is 7.36. The zero-order chi connectivity index (χ0) is 22.4. The predicted molar refractivity (Wildman–Crippen MR) is 101 cm³/mol. The Hall–Kier alpha value is -2.20. The number of hydrogen-bond acceptors (Lipinski definition) is 5. The number of alkyl halides is 3. The summed E-state index contributed by atoms with van der Waals surface area (Å²) in [7, 11) is 0. The van der Waals surface area contributed by atoms with Gasteiger partial charge in [-0.05, 0) is 38.8 Å². The first-order valence-corrected chi connectivity index (χ1v) is 9.84. The third kappa shape index (κ3) is 6.15. The molecular formula is C20H27F3N2O5. The smallest absolute Gasteiger partial charge is 0.475 e. The fourth-order valence-electron chi connectivity index (χ4n) is 3.81. The molecule has 7 nitrogen and oxygen atoms in total. The molecule has 10 heteroatoms. The second-order valence-electron chi connectivity index (χ2n) is 7.36. The first-order chi connectivity index (χ1) is 14.1. The number of aromatic nitrogens is 1. The minimum atomic E-state index is -5.08. The average Bonchev–Trinajstić information content (AvgIpc) is 3.06. The highest BCUT2D eigenvalue weighted by molar-refractivity contribution is 5.92. The summed E-state index contributed by atoms with van der Waals surface area (Å²) in [4.78, 5) is 28.0. The first-order valence-electron chi connectivity index (χ1n) is 9.84. The lowest BCUT2D eigenvalue weighted by Gasteiger charge is -2.44. The van der Waals surface area contributed by atoms with Crippen LogP contribution in [0.3, 0.4) is 0 Å². The lowest BCUT2D eigenvalue weighted by molar-refractivity contribution is -0.192. The van der Waals surface area contributed by atoms with Crippen LogP contribution in [0.1, 0.15) is 42.4 Å². The van der Waals surface area contributed by atoms with E-state index in [4.69, 9.17) is 19.4 Å². The zero-order valence-corrected chi connectivity index (χ0v) is 17.1. The summed E-state index contributed by atoms with van der Waals surface area (Å²) in [6.07, 6.45) is -1.82. The number of pyridine rings is 1. The van der Waals surface area contributed by atoms with Crippen molar-refractivity contribution in [3.05, 3.63) is 29.6 Å². The number of halogens is 3. The Labute approximate surface area is 173 Å². The van der Waals surface area contributed by atoms with Crippen molar-refractivity contribution in [2.45, 2.75) is 44.9 Å². The number of carbonyl (C=O) groups excluding carboxylic acids is 1. The minimum absolute atomic E-state index is 0.0124. The number of aliphatic carboxylic acids is 1. The molecule has 2 fully saturated rings. The average molecular weight is 432 g/mol. The van der Waals surface area contributed by atoms with E-state index < -0.39 is 12.1 Å². The topological polar surface area (TPSA) is 89.0 Å². The molecule has 0 aromatic carbocycles. The molecule has 1 aliphatic heterocycles. The van der Waals surface area contributed by atoms with Crippen molar-refractivity contribution in [3.8, 4) is 0 Å². The number of hydrogen-bond donors (Lipinski definition) is 1. The number of carboxylic acids is 1. The Morgan fingerprint density at radius 3 is 2.70 bits per heavy atom. The summed E-state index contributed by atoms with van der Waals surface area (Å²) in [5.74, 6) is -2.37. The normalized spacial score (nSPS) is 23.8. The summed E-state index contributed by atoms with van der Waals surface area (Å²) in [5, 5.41) is 7.12. The van der Waals surface area contributed by atoms with Crippen molar-refractivity contribution in [1.29, 1.82) is 0 Å². The quantitative estimate of drug-likeness (QED) is 0.787. The van der Waals surface area contributed by atoms with Gasteiger partial charge in [0, 0.05) is 24.8 Å². The molecule has 1 aliphatic carbocycles. The van der Waals surface area contributed by atoms with Crippen molar-refractivity contribution >= 4 is 11.9 Å². The van der Waals surface area contributed by atoms with Gasteiger partial charge in [0.25, 0.3) is 5.91 Å². The number of aryl methyl sites for hydroxylation is 1. The molecule has 0 bridgehead atoms. The molecule has 30 heavy (non-hydrogen) atoms. The number of carbonyl (C=O) groups is 2. The van der Waals surface area contributed by atoms with E-state index in [0.29, 0.717) is 31.3 Å². The van der Waals surface area contributed by atoms with Crippen molar-refractivity contribution in [2.75, 3.05) is 32.9 Å². The molecular weight excluding hydrogens is 405 g/mol. The predicted octanol–water partition coefficient (Wildman–Crippen LogP) is 3.07. The van der Waals surface area contributed by atoms with E-state index in [-0.39, 0.29) is 11.5 Å². The molecule has 1 aromatic rings. The summed E-state index contributed by atoms with van der Waals surface area (Å²) >= 11 is 0. The molecule has 2 atom stereocenters. The van der Waals surface area contributed by atoms with E-state index in [0.717, 1.165) is 38.2 Å². The fraction of sp³-hybridized carbons (Fsp3) is 0.650. The van der Waals surface area contributed by atoms with Gasteiger partial charge in [0.05, 0.1) is 25.4 Å². The molecule has 1 N–H and O–H groups in total. The largest absolute Gasteiger partial charge is 0.490 e. The van der Waals surface area contributed by atoms with Gasteiger partial charge in [-0.25, -0.2) is 9.78 Å². The van der Waals surface area contributed by atoms with E-state index in [1.165, 1.54) is 0 Å². The van der Waals surface area contributed by atoms with Crippen molar-refractivity contribution in [2.24, 2.45) is 5.92 Å². The van der Waals surface area contributed by atoms with Crippen molar-refractivity contribution < 1.29 is 37.3 Å². The van der Waals surface area contributed by atoms with Crippen molar-refractivity contribution in [1.82, 2.24) is 9.88 Å². The minimum Gasteiger partial charge on any atom is -0.475 e. The van der Waals surface area contributed by atoms with Crippen molar-refractivity contribution in [3.63, 3.8) is 0 Å². The SMILES string of the molecule is CCOC[C@H]1CCC[C@]12CN(C(=O)c1cccc(C)n1)CCO2.O=C(O)C(F)(F)F. The van der Waals surface area contributed by atoms with Gasteiger partial charge in [0.15, 0.2) is 0 Å². The van der Waals surface area contributed by atoms with Gasteiger partial charge in [-0.1, -0.05) is 12.5 Å². The lowest BCUT2D eigenvalue weighted by atomic mass is 9.89. The van der Waals surface area contributed by atoms with Crippen LogP contribution in [0.25, 0.3) is 0 Å². The monoisotopic (exact) mass is 432 g/mol. The van der Waals surface area contributed by atoms with E-state index in [2.05, 4.69) is 4.98 Å². The Bertz CT molecular complexity index is 743. The van der Waals surface area contributed by atoms with Gasteiger partial charge in [0.2, 0.25) is 0 Å². The molecule has 1 saturated heterocycles. The zero-order valence-electron chi connectivity index (χ0n) is 17.1. The van der Waals surface area contributed by atoms with Crippen LogP contribution in [0.15, 0.2) is 18.2 Å². The number of rotatable bonds is 4. The van der Waals surface area contributed by atoms with E-state index >= 15 is 0 Å². The Morgan fingerprint density at radius 1 is 1.40 bits per heavy atom. The molecule has 1 saturated carbocycles. The number of amides is 1. The van der Waals surface area contributed by atoms with Gasteiger partial charge in [-0.15, -0.1) is 0 Å². The summed E-state index contributed by atoms with van der Waals surface area (Å²) in [5.41, 5.74) is 1.17. The highest BCUT2D eigenvalue weighted by atomic mass is 19.4. The summed E-state index contributed by atoms with van der Waals surface area (Å²) in [6.45, 7) is 7.26. The van der Waals surface area contributed by atoms with Crippen LogP contribution in [-0.2, 0) is 14.3 Å². The van der Waals surface area contributed by atoms with Crippen LogP contribution < -0.4 is 0 Å². The van der Waals surface area contributed by atoms with E-state index in [1.807, 2.05) is 30.9 Å². The second kappa shape index (κ2) is 10.2. The first kappa shape index (κ1) is 24.1. The fourth-order valence-corrected chi connectivity index (χ4v) is 3.81. The molecule has 1 amide bonds. The lowest BCUT2D eigenvalue weighted by Crippen LogP contribution is -2.56. The van der Waals surface area contributed by atoms with Crippen LogP contribution in [-0.4, -0.2) is 71.6 Å². The van der Waals surface area contributed by atoms with E-state index in [9.17, 15) is 18.0 Å². The van der Waals surface area contributed by atoms with Crippen LogP contribution in [0, 0.1) is 12.8 Å². The van der Waals surface area contributed by atoms with Gasteiger partial charge in [-0.2, -0.15) is 13.2 Å². The van der Waals surface area contributed by atoms with Gasteiger partial charge in [0.1, 0.15) is 5.69 Å². The maximum atomic E-state index is 12.8. The summed E-state index contributed by atoms with van der Waals surface area (Å²) in [6, 6.07) is 5.59. The Morgan fingerprint density at radius 2 is 2.10 bits per heavy atom. The number of carboxylic acid groups (broad SMARTS) is 1. The number of nitrogens with zero attached hydrogens (tertiary/aromatic N) is 2. The molecule has 0 unspecified atom stereocenters. The number of morpholine rings is 1. The van der Waals surface area contributed by atoms with Gasteiger partial charge in [-0.3, -0.25) is 4.79 Å². The molecule has 0 radical (unpaired) electrons. The third-order valence-electron chi connectivity index (χ3n) is 5.27. The van der Waals surface area contributed by atoms with Crippen LogP contribution in [0.2, 0.25) is 0 Å². The molecule has 1 aromatic heterocycles. The molecule has 168 valence electrons. The molecule has 2 heterocycles. The standard InChI is InChI=1S/C18H26N2O3.C2HF3O2/c1-3-22-12-15-7-5-9-18(15)13-20(10-11-23-18)17(21)16-8-4-6-14(2)19-16;3-2(4,5)1(6)7/h4,6,8,15H,3,5,7,9-13H2,1-2H3;(H,6,7)/t15-,18+;/m1./s1. The van der Waals surface area contributed by atoms with Crippen LogP contribution >= 0.6 is 0 Å². The Balaban J connectivity index is 0.000000396. The maximum absolute atomic E-state index is 12.8. The highest BCUT2D eigenvalue weighted by Gasteiger charge is 2.48. The Kier molecular flexibility index (Phi) is 8.19. The van der Waals surface area contributed by atoms with Crippen LogP contribution in [0.4, 0.5) is 13.2 Å². The third-order valence-corrected chi connectivity index (χ3v) is 5.27. The van der Waals surface area contributed by atoms with E-state index in [1.54, 1.807) is 6.07 Å². The molecule has 3 rings (SSSR count).